The Labute approximate surface area is 135 Å². The van der Waals surface area contributed by atoms with Crippen LogP contribution in [0.5, 0.6) is 5.75 Å². The van der Waals surface area contributed by atoms with Gasteiger partial charge in [-0.2, -0.15) is 0 Å². The zero-order chi connectivity index (χ0) is 16.8. The molecule has 0 saturated heterocycles. The van der Waals surface area contributed by atoms with E-state index in [1.165, 1.54) is 6.92 Å². The SMILES string of the molecule is CC(=O)Nc1cccc(NC(=O)CCc2ccccc2O)c1C. The number of rotatable bonds is 5. The van der Waals surface area contributed by atoms with Gasteiger partial charge in [-0.3, -0.25) is 9.59 Å². The lowest BCUT2D eigenvalue weighted by atomic mass is 10.1. The molecule has 0 bridgehead atoms. The van der Waals surface area contributed by atoms with Gasteiger partial charge in [-0.05, 0) is 42.7 Å². The third kappa shape index (κ3) is 4.57. The third-order valence-corrected chi connectivity index (χ3v) is 3.53. The smallest absolute Gasteiger partial charge is 0.224 e. The molecule has 0 spiro atoms. The summed E-state index contributed by atoms with van der Waals surface area (Å²) in [6.45, 7) is 3.28. The number of para-hydroxylation sites is 1. The Morgan fingerprint density at radius 3 is 2.30 bits per heavy atom. The number of aryl methyl sites for hydroxylation is 1. The van der Waals surface area contributed by atoms with Crippen molar-refractivity contribution in [3.8, 4) is 5.75 Å². The summed E-state index contributed by atoms with van der Waals surface area (Å²) < 4.78 is 0. The second kappa shape index (κ2) is 7.45. The van der Waals surface area contributed by atoms with Crippen molar-refractivity contribution < 1.29 is 14.7 Å². The number of carbonyl (C=O) groups is 2. The Balaban J connectivity index is 2.00. The molecule has 2 amide bonds. The minimum Gasteiger partial charge on any atom is -0.508 e. The van der Waals surface area contributed by atoms with E-state index in [2.05, 4.69) is 10.6 Å². The van der Waals surface area contributed by atoms with Crippen LogP contribution in [0, 0.1) is 6.92 Å². The van der Waals surface area contributed by atoms with Crippen molar-refractivity contribution in [1.29, 1.82) is 0 Å². The maximum atomic E-state index is 12.1. The molecular formula is C18H20N2O3. The summed E-state index contributed by atoms with van der Waals surface area (Å²) >= 11 is 0. The number of hydrogen-bond donors (Lipinski definition) is 3. The van der Waals surface area contributed by atoms with E-state index in [0.717, 1.165) is 11.1 Å². The van der Waals surface area contributed by atoms with Crippen molar-refractivity contribution in [2.75, 3.05) is 10.6 Å². The topological polar surface area (TPSA) is 78.4 Å². The molecule has 0 atom stereocenters. The number of phenols is 1. The molecule has 2 aromatic rings. The molecule has 0 aliphatic heterocycles. The molecular weight excluding hydrogens is 292 g/mol. The van der Waals surface area contributed by atoms with Crippen LogP contribution in [-0.4, -0.2) is 16.9 Å². The molecule has 0 unspecified atom stereocenters. The first-order valence-corrected chi connectivity index (χ1v) is 7.41. The Bertz CT molecular complexity index is 726. The van der Waals surface area contributed by atoms with E-state index in [9.17, 15) is 14.7 Å². The van der Waals surface area contributed by atoms with Crippen LogP contribution < -0.4 is 10.6 Å². The molecule has 120 valence electrons. The summed E-state index contributed by atoms with van der Waals surface area (Å²) in [5.41, 5.74) is 2.89. The van der Waals surface area contributed by atoms with E-state index < -0.39 is 0 Å². The summed E-state index contributed by atoms with van der Waals surface area (Å²) in [6, 6.07) is 12.3. The fourth-order valence-electron chi connectivity index (χ4n) is 2.28. The van der Waals surface area contributed by atoms with Gasteiger partial charge in [0.15, 0.2) is 0 Å². The van der Waals surface area contributed by atoms with E-state index in [4.69, 9.17) is 0 Å². The highest BCUT2D eigenvalue weighted by molar-refractivity contribution is 5.95. The highest BCUT2D eigenvalue weighted by atomic mass is 16.3. The van der Waals surface area contributed by atoms with E-state index in [-0.39, 0.29) is 24.0 Å². The molecule has 0 radical (unpaired) electrons. The van der Waals surface area contributed by atoms with Crippen LogP contribution in [0.25, 0.3) is 0 Å². The molecule has 5 heteroatoms. The molecule has 23 heavy (non-hydrogen) atoms. The number of anilines is 2. The standard InChI is InChI=1S/C18H20N2O3/c1-12-15(19-13(2)21)7-5-8-16(12)20-18(23)11-10-14-6-3-4-9-17(14)22/h3-9,22H,10-11H2,1-2H3,(H,19,21)(H,20,23). The van der Waals surface area contributed by atoms with Gasteiger partial charge >= 0.3 is 0 Å². The Hall–Kier alpha value is -2.82. The normalized spacial score (nSPS) is 10.2. The van der Waals surface area contributed by atoms with Crippen LogP contribution in [0.1, 0.15) is 24.5 Å². The average molecular weight is 312 g/mol. The van der Waals surface area contributed by atoms with Crippen molar-refractivity contribution in [3.63, 3.8) is 0 Å². The third-order valence-electron chi connectivity index (χ3n) is 3.53. The van der Waals surface area contributed by atoms with Crippen LogP contribution in [0.15, 0.2) is 42.5 Å². The largest absolute Gasteiger partial charge is 0.508 e. The maximum Gasteiger partial charge on any atom is 0.224 e. The van der Waals surface area contributed by atoms with Gasteiger partial charge in [0.2, 0.25) is 11.8 Å². The molecule has 0 saturated carbocycles. The number of carbonyl (C=O) groups excluding carboxylic acids is 2. The van der Waals surface area contributed by atoms with Gasteiger partial charge in [0.25, 0.3) is 0 Å². The average Bonchev–Trinajstić information content (AvgIpc) is 2.50. The van der Waals surface area contributed by atoms with Crippen LogP contribution >= 0.6 is 0 Å². The van der Waals surface area contributed by atoms with Gasteiger partial charge in [0.05, 0.1) is 0 Å². The fourth-order valence-corrected chi connectivity index (χ4v) is 2.28. The molecule has 3 N–H and O–H groups in total. The van der Waals surface area contributed by atoms with Gasteiger partial charge < -0.3 is 15.7 Å². The van der Waals surface area contributed by atoms with Crippen LogP contribution in [0.4, 0.5) is 11.4 Å². The first kappa shape index (κ1) is 16.5. The van der Waals surface area contributed by atoms with Crippen molar-refractivity contribution in [2.45, 2.75) is 26.7 Å². The Morgan fingerprint density at radius 1 is 1.00 bits per heavy atom. The summed E-state index contributed by atoms with van der Waals surface area (Å²) in [6.07, 6.45) is 0.727. The minimum atomic E-state index is -0.156. The molecule has 5 nitrogen and oxygen atoms in total. The van der Waals surface area contributed by atoms with Gasteiger partial charge in [-0.1, -0.05) is 24.3 Å². The number of amides is 2. The summed E-state index contributed by atoms with van der Waals surface area (Å²) in [5, 5.41) is 15.3. The molecule has 0 aromatic heterocycles. The molecule has 0 aliphatic rings. The predicted octanol–water partition coefficient (Wildman–Crippen LogP) is 3.23. The molecule has 0 fully saturated rings. The fraction of sp³-hybridized carbons (Fsp3) is 0.222. The first-order chi connectivity index (χ1) is 11.0. The lowest BCUT2D eigenvalue weighted by molar-refractivity contribution is -0.116. The van der Waals surface area contributed by atoms with E-state index in [0.29, 0.717) is 17.8 Å². The second-order valence-corrected chi connectivity index (χ2v) is 5.34. The molecule has 0 aliphatic carbocycles. The van der Waals surface area contributed by atoms with E-state index >= 15 is 0 Å². The molecule has 0 heterocycles. The Morgan fingerprint density at radius 2 is 1.65 bits per heavy atom. The molecule has 2 rings (SSSR count). The Kier molecular flexibility index (Phi) is 5.36. The van der Waals surface area contributed by atoms with Crippen LogP contribution in [0.2, 0.25) is 0 Å². The zero-order valence-corrected chi connectivity index (χ0v) is 13.2. The zero-order valence-electron chi connectivity index (χ0n) is 13.2. The summed E-state index contributed by atoms with van der Waals surface area (Å²) in [5.74, 6) is -0.100. The molecule has 2 aromatic carbocycles. The summed E-state index contributed by atoms with van der Waals surface area (Å²) in [4.78, 5) is 23.3. The van der Waals surface area contributed by atoms with Crippen molar-refractivity contribution in [1.82, 2.24) is 0 Å². The van der Waals surface area contributed by atoms with Crippen molar-refractivity contribution >= 4 is 23.2 Å². The number of benzene rings is 2. The number of aromatic hydroxyl groups is 1. The highest BCUT2D eigenvalue weighted by Gasteiger charge is 2.09. The lowest BCUT2D eigenvalue weighted by Crippen LogP contribution is -2.14. The number of phenolic OH excluding ortho intramolecular Hbond substituents is 1. The summed E-state index contributed by atoms with van der Waals surface area (Å²) in [7, 11) is 0. The second-order valence-electron chi connectivity index (χ2n) is 5.34. The number of hydrogen-bond acceptors (Lipinski definition) is 3. The van der Waals surface area contributed by atoms with Gasteiger partial charge in [0.1, 0.15) is 5.75 Å². The monoisotopic (exact) mass is 312 g/mol. The number of nitrogens with one attached hydrogen (secondary N) is 2. The first-order valence-electron chi connectivity index (χ1n) is 7.41. The quantitative estimate of drug-likeness (QED) is 0.793. The predicted molar refractivity (Wildman–Crippen MR) is 90.5 cm³/mol. The minimum absolute atomic E-state index is 0.142. The van der Waals surface area contributed by atoms with Crippen molar-refractivity contribution in [2.24, 2.45) is 0 Å². The van der Waals surface area contributed by atoms with Gasteiger partial charge in [0, 0.05) is 24.7 Å². The van der Waals surface area contributed by atoms with Crippen LogP contribution in [-0.2, 0) is 16.0 Å². The van der Waals surface area contributed by atoms with Gasteiger partial charge in [-0.15, -0.1) is 0 Å². The van der Waals surface area contributed by atoms with Crippen molar-refractivity contribution in [3.05, 3.63) is 53.6 Å². The lowest BCUT2D eigenvalue weighted by Gasteiger charge is -2.13. The maximum absolute atomic E-state index is 12.1. The highest BCUT2D eigenvalue weighted by Crippen LogP contribution is 2.24. The van der Waals surface area contributed by atoms with Crippen LogP contribution in [0.3, 0.4) is 0 Å². The van der Waals surface area contributed by atoms with E-state index in [1.54, 1.807) is 36.4 Å². The van der Waals surface area contributed by atoms with Gasteiger partial charge in [-0.25, -0.2) is 0 Å². The van der Waals surface area contributed by atoms with E-state index in [1.807, 2.05) is 13.0 Å².